The topological polar surface area (TPSA) is 61.5 Å². The molecule has 0 aliphatic carbocycles. The van der Waals surface area contributed by atoms with E-state index in [1.807, 2.05) is 0 Å². The molecule has 0 atom stereocenters. The van der Waals surface area contributed by atoms with E-state index in [9.17, 15) is 18.0 Å². The van der Waals surface area contributed by atoms with Gasteiger partial charge in [-0.25, -0.2) is 4.79 Å². The van der Waals surface area contributed by atoms with Crippen LogP contribution in [0.25, 0.3) is 0 Å². The number of carbonyl (C=O) groups excluding carboxylic acids is 1. The predicted octanol–water partition coefficient (Wildman–Crippen LogP) is 2.73. The summed E-state index contributed by atoms with van der Waals surface area (Å²) >= 11 is 0. The first-order valence-electron chi connectivity index (χ1n) is 5.05. The highest BCUT2D eigenvalue weighted by molar-refractivity contribution is 5.91. The Balaban J connectivity index is 2.89. The molecule has 0 aromatic heterocycles. The second-order valence-electron chi connectivity index (χ2n) is 3.75. The number of esters is 1. The van der Waals surface area contributed by atoms with Gasteiger partial charge in [0, 0.05) is 0 Å². The molecule has 4 nitrogen and oxygen atoms in total. The van der Waals surface area contributed by atoms with Gasteiger partial charge in [0.2, 0.25) is 0 Å². The maximum Gasteiger partial charge on any atom is 0.573 e. The number of nitrogen functional groups attached to an aromatic ring is 1. The number of benzene rings is 1. The monoisotopic (exact) mass is 263 g/mol. The van der Waals surface area contributed by atoms with Gasteiger partial charge in [0.15, 0.2) is 5.75 Å². The average molecular weight is 263 g/mol. The Labute approximate surface area is 101 Å². The smallest absolute Gasteiger partial charge is 0.459 e. The molecule has 2 N–H and O–H groups in total. The lowest BCUT2D eigenvalue weighted by atomic mass is 10.2. The van der Waals surface area contributed by atoms with Crippen molar-refractivity contribution < 1.29 is 27.4 Å². The SMILES string of the molecule is CC(C)OC(=O)c1ccc(OC(F)(F)F)c(N)c1. The van der Waals surface area contributed by atoms with Gasteiger partial charge in [0.25, 0.3) is 0 Å². The number of ether oxygens (including phenoxy) is 2. The first-order valence-corrected chi connectivity index (χ1v) is 5.05. The number of carbonyl (C=O) groups is 1. The van der Waals surface area contributed by atoms with Crippen LogP contribution in [0.15, 0.2) is 18.2 Å². The number of anilines is 1. The zero-order valence-electron chi connectivity index (χ0n) is 9.75. The van der Waals surface area contributed by atoms with Gasteiger partial charge < -0.3 is 15.2 Å². The van der Waals surface area contributed by atoms with Gasteiger partial charge >= 0.3 is 12.3 Å². The zero-order valence-corrected chi connectivity index (χ0v) is 9.75. The number of halogens is 3. The molecule has 7 heteroatoms. The van der Waals surface area contributed by atoms with Gasteiger partial charge in [0.1, 0.15) is 0 Å². The van der Waals surface area contributed by atoms with E-state index in [4.69, 9.17) is 10.5 Å². The first-order chi connectivity index (χ1) is 8.19. The van der Waals surface area contributed by atoms with Gasteiger partial charge in [-0.1, -0.05) is 0 Å². The highest BCUT2D eigenvalue weighted by Gasteiger charge is 2.32. The fourth-order valence-electron chi connectivity index (χ4n) is 1.18. The van der Waals surface area contributed by atoms with Crippen LogP contribution in [-0.2, 0) is 4.74 Å². The third-order valence-electron chi connectivity index (χ3n) is 1.81. The molecule has 0 aliphatic heterocycles. The molecule has 0 aliphatic rings. The van der Waals surface area contributed by atoms with E-state index in [0.29, 0.717) is 0 Å². The molecule has 0 amide bonds. The highest BCUT2D eigenvalue weighted by atomic mass is 19.4. The van der Waals surface area contributed by atoms with Gasteiger partial charge in [-0.3, -0.25) is 0 Å². The van der Waals surface area contributed by atoms with Crippen LogP contribution in [0.5, 0.6) is 5.75 Å². The Bertz CT molecular complexity index is 444. The molecule has 0 radical (unpaired) electrons. The second-order valence-corrected chi connectivity index (χ2v) is 3.75. The molecule has 0 saturated heterocycles. The zero-order chi connectivity index (χ0) is 13.9. The molecular formula is C11H12F3NO3. The Kier molecular flexibility index (Phi) is 4.05. The van der Waals surface area contributed by atoms with Crippen molar-refractivity contribution in [3.05, 3.63) is 23.8 Å². The largest absolute Gasteiger partial charge is 0.573 e. The molecule has 0 saturated carbocycles. The van der Waals surface area contributed by atoms with Gasteiger partial charge in [-0.2, -0.15) is 0 Å². The van der Waals surface area contributed by atoms with Crippen molar-refractivity contribution in [3.63, 3.8) is 0 Å². The van der Waals surface area contributed by atoms with E-state index in [0.717, 1.165) is 18.2 Å². The van der Waals surface area contributed by atoms with Crippen LogP contribution in [0.3, 0.4) is 0 Å². The summed E-state index contributed by atoms with van der Waals surface area (Å²) in [7, 11) is 0. The van der Waals surface area contributed by atoms with Crippen LogP contribution < -0.4 is 10.5 Å². The van der Waals surface area contributed by atoms with E-state index in [-0.39, 0.29) is 17.4 Å². The molecule has 0 bridgehead atoms. The maximum atomic E-state index is 12.0. The van der Waals surface area contributed by atoms with Crippen molar-refractivity contribution in [3.8, 4) is 5.75 Å². The third-order valence-corrected chi connectivity index (χ3v) is 1.81. The van der Waals surface area contributed by atoms with Crippen molar-refractivity contribution in [2.45, 2.75) is 26.3 Å². The van der Waals surface area contributed by atoms with Crippen LogP contribution in [-0.4, -0.2) is 18.4 Å². The predicted molar refractivity (Wildman–Crippen MR) is 58.1 cm³/mol. The molecule has 1 aromatic rings. The minimum absolute atomic E-state index is 0.0655. The molecular weight excluding hydrogens is 251 g/mol. The molecule has 0 fully saturated rings. The van der Waals surface area contributed by atoms with E-state index in [2.05, 4.69) is 4.74 Å². The van der Waals surface area contributed by atoms with E-state index in [1.165, 1.54) is 0 Å². The number of alkyl halides is 3. The van der Waals surface area contributed by atoms with E-state index >= 15 is 0 Å². The summed E-state index contributed by atoms with van der Waals surface area (Å²) in [6.07, 6.45) is -5.15. The summed E-state index contributed by atoms with van der Waals surface area (Å²) < 4.78 is 44.5. The molecule has 1 rings (SSSR count). The lowest BCUT2D eigenvalue weighted by Gasteiger charge is -2.12. The number of rotatable bonds is 3. The lowest BCUT2D eigenvalue weighted by molar-refractivity contribution is -0.274. The Morgan fingerprint density at radius 1 is 1.33 bits per heavy atom. The second kappa shape index (κ2) is 5.16. The highest BCUT2D eigenvalue weighted by Crippen LogP contribution is 2.29. The van der Waals surface area contributed by atoms with E-state index < -0.39 is 18.1 Å². The lowest BCUT2D eigenvalue weighted by Crippen LogP contribution is -2.18. The van der Waals surface area contributed by atoms with Crippen LogP contribution in [0.4, 0.5) is 18.9 Å². The van der Waals surface area contributed by atoms with E-state index in [1.54, 1.807) is 13.8 Å². The van der Waals surface area contributed by atoms with Crippen molar-refractivity contribution in [2.75, 3.05) is 5.73 Å². The summed E-state index contributed by atoms with van der Waals surface area (Å²) in [5.41, 5.74) is 5.14. The van der Waals surface area contributed by atoms with Crippen molar-refractivity contribution in [1.82, 2.24) is 0 Å². The van der Waals surface area contributed by atoms with Crippen molar-refractivity contribution in [1.29, 1.82) is 0 Å². The average Bonchev–Trinajstić information content (AvgIpc) is 2.18. The minimum atomic E-state index is -4.83. The molecule has 18 heavy (non-hydrogen) atoms. The van der Waals surface area contributed by atoms with Crippen LogP contribution in [0.2, 0.25) is 0 Å². The van der Waals surface area contributed by atoms with Gasteiger partial charge in [0.05, 0.1) is 17.4 Å². The molecule has 100 valence electrons. The summed E-state index contributed by atoms with van der Waals surface area (Å²) in [5.74, 6) is -1.21. The van der Waals surface area contributed by atoms with Crippen LogP contribution >= 0.6 is 0 Å². The summed E-state index contributed by atoms with van der Waals surface area (Å²) in [6.45, 7) is 3.31. The van der Waals surface area contributed by atoms with Crippen molar-refractivity contribution in [2.24, 2.45) is 0 Å². The summed E-state index contributed by atoms with van der Waals surface area (Å²) in [6, 6.07) is 3.20. The standard InChI is InChI=1S/C11H12F3NO3/c1-6(2)17-10(16)7-3-4-9(8(15)5-7)18-11(12,13)14/h3-6H,15H2,1-2H3. The number of hydrogen-bond acceptors (Lipinski definition) is 4. The maximum absolute atomic E-state index is 12.0. The quantitative estimate of drug-likeness (QED) is 0.672. The summed E-state index contributed by atoms with van der Waals surface area (Å²) in [5, 5.41) is 0. The Morgan fingerprint density at radius 2 is 1.94 bits per heavy atom. The minimum Gasteiger partial charge on any atom is -0.459 e. The summed E-state index contributed by atoms with van der Waals surface area (Å²) in [4.78, 5) is 11.5. The Morgan fingerprint density at radius 3 is 2.39 bits per heavy atom. The van der Waals surface area contributed by atoms with Crippen LogP contribution in [0, 0.1) is 0 Å². The molecule has 0 heterocycles. The van der Waals surface area contributed by atoms with Gasteiger partial charge in [-0.15, -0.1) is 13.2 Å². The normalized spacial score (nSPS) is 11.4. The molecule has 0 unspecified atom stereocenters. The third kappa shape index (κ3) is 4.15. The van der Waals surface area contributed by atoms with Gasteiger partial charge in [-0.05, 0) is 32.0 Å². The first kappa shape index (κ1) is 14.1. The number of nitrogens with two attached hydrogens (primary N) is 1. The fourth-order valence-corrected chi connectivity index (χ4v) is 1.18. The number of hydrogen-bond donors (Lipinski definition) is 1. The Hall–Kier alpha value is -1.92. The molecule has 0 spiro atoms. The van der Waals surface area contributed by atoms with Crippen LogP contribution in [0.1, 0.15) is 24.2 Å². The fraction of sp³-hybridized carbons (Fsp3) is 0.364. The molecule has 1 aromatic carbocycles. The van der Waals surface area contributed by atoms with Crippen molar-refractivity contribution >= 4 is 11.7 Å².